The van der Waals surface area contributed by atoms with E-state index in [0.717, 1.165) is 0 Å². The first-order valence-corrected chi connectivity index (χ1v) is 8.96. The zero-order valence-electron chi connectivity index (χ0n) is 16.3. The second-order valence-corrected chi connectivity index (χ2v) is 6.54. The Balaban J connectivity index is 2.75. The van der Waals surface area contributed by atoms with Crippen LogP contribution in [-0.2, 0) is 14.3 Å². The van der Waals surface area contributed by atoms with Gasteiger partial charge in [-0.1, -0.05) is 13.8 Å². The molecule has 1 heterocycles. The van der Waals surface area contributed by atoms with Gasteiger partial charge in [0, 0.05) is 19.3 Å². The van der Waals surface area contributed by atoms with E-state index in [1.807, 2.05) is 27.7 Å². The molecule has 0 bridgehead atoms. The van der Waals surface area contributed by atoms with Gasteiger partial charge < -0.3 is 19.5 Å². The molecule has 0 spiro atoms. The third-order valence-electron chi connectivity index (χ3n) is 3.73. The summed E-state index contributed by atoms with van der Waals surface area (Å²) >= 11 is 0. The van der Waals surface area contributed by atoms with Gasteiger partial charge in [-0.15, -0.1) is 0 Å². The second-order valence-electron chi connectivity index (χ2n) is 6.54. The first-order valence-electron chi connectivity index (χ1n) is 8.96. The zero-order chi connectivity index (χ0) is 18.9. The normalized spacial score (nSPS) is 13.6. The molecule has 1 rings (SSSR count). The largest absolute Gasteiger partial charge is 0.475 e. The minimum Gasteiger partial charge on any atom is -0.475 e. The van der Waals surface area contributed by atoms with Crippen LogP contribution in [0.3, 0.4) is 0 Å². The smallest absolute Gasteiger partial charge is 0.256 e. The Kier molecular flexibility index (Phi) is 8.86. The van der Waals surface area contributed by atoms with Crippen LogP contribution in [0, 0.1) is 12.8 Å². The maximum atomic E-state index is 12.7. The molecule has 0 aliphatic rings. The second kappa shape index (κ2) is 10.4. The van der Waals surface area contributed by atoms with Crippen LogP contribution in [-0.4, -0.2) is 42.9 Å². The van der Waals surface area contributed by atoms with Crippen molar-refractivity contribution in [2.24, 2.45) is 5.92 Å². The van der Waals surface area contributed by atoms with Crippen LogP contribution in [0.25, 0.3) is 0 Å². The van der Waals surface area contributed by atoms with Crippen LogP contribution in [0.4, 0.5) is 5.69 Å². The molecule has 0 aliphatic heterocycles. The number of nitrogens with one attached hydrogen (secondary N) is 1. The monoisotopic (exact) mass is 352 g/mol. The van der Waals surface area contributed by atoms with E-state index in [-0.39, 0.29) is 5.91 Å². The van der Waals surface area contributed by atoms with Gasteiger partial charge in [0.1, 0.15) is 12.2 Å². The molecule has 142 valence electrons. The molecule has 1 aromatic heterocycles. The SMILES string of the molecule is CCOCCOc1ccc(NC(=O)[C@](C)(CC(C)C)OCC)c(C)n1. The van der Waals surface area contributed by atoms with Gasteiger partial charge in [0.15, 0.2) is 0 Å². The molecular formula is C19H32N2O4. The van der Waals surface area contributed by atoms with Gasteiger partial charge in [-0.25, -0.2) is 4.98 Å². The van der Waals surface area contributed by atoms with Gasteiger partial charge in [-0.2, -0.15) is 0 Å². The lowest BCUT2D eigenvalue weighted by Gasteiger charge is -2.30. The van der Waals surface area contributed by atoms with Gasteiger partial charge in [0.2, 0.25) is 5.88 Å². The average molecular weight is 352 g/mol. The van der Waals surface area contributed by atoms with E-state index in [9.17, 15) is 4.79 Å². The van der Waals surface area contributed by atoms with Crippen molar-refractivity contribution < 1.29 is 19.0 Å². The van der Waals surface area contributed by atoms with Crippen LogP contribution in [0.2, 0.25) is 0 Å². The molecule has 0 saturated carbocycles. The van der Waals surface area contributed by atoms with Gasteiger partial charge in [-0.3, -0.25) is 4.79 Å². The zero-order valence-corrected chi connectivity index (χ0v) is 16.3. The number of carbonyl (C=O) groups is 1. The molecule has 1 atom stereocenters. The predicted octanol–water partition coefficient (Wildman–Crippen LogP) is 3.59. The molecule has 25 heavy (non-hydrogen) atoms. The molecule has 6 nitrogen and oxygen atoms in total. The topological polar surface area (TPSA) is 69.7 Å². The van der Waals surface area contributed by atoms with Crippen molar-refractivity contribution in [1.82, 2.24) is 4.98 Å². The molecule has 0 unspecified atom stereocenters. The van der Waals surface area contributed by atoms with Crippen LogP contribution in [0.1, 0.15) is 46.7 Å². The van der Waals surface area contributed by atoms with Crippen molar-refractivity contribution in [2.75, 3.05) is 31.7 Å². The first kappa shape index (κ1) is 21.4. The minimum absolute atomic E-state index is 0.155. The highest BCUT2D eigenvalue weighted by Gasteiger charge is 2.35. The lowest BCUT2D eigenvalue weighted by molar-refractivity contribution is -0.140. The number of aryl methyl sites for hydroxylation is 1. The number of hydrogen-bond donors (Lipinski definition) is 1. The maximum absolute atomic E-state index is 12.7. The Bertz CT molecular complexity index is 548. The molecule has 1 aromatic rings. The van der Waals surface area contributed by atoms with E-state index < -0.39 is 5.60 Å². The number of hydrogen-bond acceptors (Lipinski definition) is 5. The number of pyridine rings is 1. The number of anilines is 1. The Labute approximate surface area is 151 Å². The molecular weight excluding hydrogens is 320 g/mol. The Morgan fingerprint density at radius 1 is 1.24 bits per heavy atom. The molecule has 0 fully saturated rings. The van der Waals surface area contributed by atoms with Gasteiger partial charge >= 0.3 is 0 Å². The van der Waals surface area contributed by atoms with Crippen molar-refractivity contribution in [3.63, 3.8) is 0 Å². The first-order chi connectivity index (χ1) is 11.8. The summed E-state index contributed by atoms with van der Waals surface area (Å²) in [7, 11) is 0. The van der Waals surface area contributed by atoms with E-state index in [0.29, 0.717) is 56.0 Å². The van der Waals surface area contributed by atoms with Crippen molar-refractivity contribution in [3.8, 4) is 5.88 Å². The van der Waals surface area contributed by atoms with Crippen molar-refractivity contribution in [3.05, 3.63) is 17.8 Å². The number of carbonyl (C=O) groups excluding carboxylic acids is 1. The number of rotatable bonds is 11. The molecule has 6 heteroatoms. The quantitative estimate of drug-likeness (QED) is 0.616. The molecule has 0 saturated heterocycles. The standard InChI is InChI=1S/C19H32N2O4/c1-7-23-11-12-24-17-10-9-16(15(5)20-17)21-18(22)19(6,25-8-2)13-14(3)4/h9-10,14H,7-8,11-13H2,1-6H3,(H,21,22)/t19-/m0/s1. The van der Waals surface area contributed by atoms with Gasteiger partial charge in [0.25, 0.3) is 5.91 Å². The molecule has 1 N–H and O–H groups in total. The van der Waals surface area contributed by atoms with Crippen LogP contribution < -0.4 is 10.1 Å². The lowest BCUT2D eigenvalue weighted by atomic mass is 9.93. The summed E-state index contributed by atoms with van der Waals surface area (Å²) < 4.78 is 16.5. The Hall–Kier alpha value is -1.66. The van der Waals surface area contributed by atoms with Crippen molar-refractivity contribution in [2.45, 2.75) is 53.6 Å². The number of nitrogens with zero attached hydrogens (tertiary/aromatic N) is 1. The lowest BCUT2D eigenvalue weighted by Crippen LogP contribution is -2.44. The highest BCUT2D eigenvalue weighted by molar-refractivity contribution is 5.97. The van der Waals surface area contributed by atoms with Crippen LogP contribution >= 0.6 is 0 Å². The van der Waals surface area contributed by atoms with E-state index in [2.05, 4.69) is 24.1 Å². The summed E-state index contributed by atoms with van der Waals surface area (Å²) in [4.78, 5) is 17.1. The minimum atomic E-state index is -0.859. The van der Waals surface area contributed by atoms with Gasteiger partial charge in [-0.05, 0) is 46.1 Å². The summed E-state index contributed by atoms with van der Waals surface area (Å²) in [5.74, 6) is 0.713. The summed E-state index contributed by atoms with van der Waals surface area (Å²) in [6.45, 7) is 13.8. The highest BCUT2D eigenvalue weighted by atomic mass is 16.5. The number of amides is 1. The molecule has 0 aromatic carbocycles. The fraction of sp³-hybridized carbons (Fsp3) is 0.684. The summed E-state index contributed by atoms with van der Waals surface area (Å²) in [5.41, 5.74) is 0.504. The van der Waals surface area contributed by atoms with Crippen molar-refractivity contribution in [1.29, 1.82) is 0 Å². The fourth-order valence-corrected chi connectivity index (χ4v) is 2.67. The third-order valence-corrected chi connectivity index (χ3v) is 3.73. The fourth-order valence-electron chi connectivity index (χ4n) is 2.67. The summed E-state index contributed by atoms with van der Waals surface area (Å²) in [6.07, 6.45) is 0.651. The molecule has 0 aliphatic carbocycles. The van der Waals surface area contributed by atoms with Crippen molar-refractivity contribution >= 4 is 11.6 Å². The average Bonchev–Trinajstić information content (AvgIpc) is 2.53. The number of aromatic nitrogens is 1. The van der Waals surface area contributed by atoms with Gasteiger partial charge in [0.05, 0.1) is 18.0 Å². The third kappa shape index (κ3) is 7.00. The molecule has 1 amide bonds. The van der Waals surface area contributed by atoms with E-state index in [4.69, 9.17) is 14.2 Å². The van der Waals surface area contributed by atoms with E-state index >= 15 is 0 Å². The predicted molar refractivity (Wildman–Crippen MR) is 99.1 cm³/mol. The summed E-state index contributed by atoms with van der Waals surface area (Å²) in [5, 5.41) is 2.94. The highest BCUT2D eigenvalue weighted by Crippen LogP contribution is 2.25. The Morgan fingerprint density at radius 3 is 2.52 bits per heavy atom. The van der Waals surface area contributed by atoms with E-state index in [1.54, 1.807) is 12.1 Å². The van der Waals surface area contributed by atoms with Crippen LogP contribution in [0.15, 0.2) is 12.1 Å². The number of ether oxygens (including phenoxy) is 3. The van der Waals surface area contributed by atoms with E-state index in [1.165, 1.54) is 0 Å². The molecule has 0 radical (unpaired) electrons. The van der Waals surface area contributed by atoms with Crippen LogP contribution in [0.5, 0.6) is 5.88 Å². The summed E-state index contributed by atoms with van der Waals surface area (Å²) in [6, 6.07) is 3.55. The maximum Gasteiger partial charge on any atom is 0.256 e. The Morgan fingerprint density at radius 2 is 1.96 bits per heavy atom.